The van der Waals surface area contributed by atoms with Crippen molar-refractivity contribution in [3.05, 3.63) is 93.5 Å². The standard InChI is InChI=1S/C22H12N2O4/c25-19-15-9-3-5-11-17(15)27-21(23-19)13-7-1-2-8-14(13)22-24-20(26)16-10-4-6-12-18(16)28-22/h1-12H. The maximum Gasteiger partial charge on any atom is 0.284 e. The topological polar surface area (TPSA) is 86.2 Å². The Balaban J connectivity index is 1.77. The zero-order valence-electron chi connectivity index (χ0n) is 14.5. The number of aromatic nitrogens is 2. The van der Waals surface area contributed by atoms with E-state index in [4.69, 9.17) is 8.83 Å². The summed E-state index contributed by atoms with van der Waals surface area (Å²) in [5.74, 6) is 0.272. The molecule has 6 nitrogen and oxygen atoms in total. The second kappa shape index (κ2) is 6.28. The van der Waals surface area contributed by atoms with E-state index in [1.807, 2.05) is 0 Å². The summed E-state index contributed by atoms with van der Waals surface area (Å²) in [6.45, 7) is 0. The van der Waals surface area contributed by atoms with Crippen LogP contribution in [0.4, 0.5) is 0 Å². The van der Waals surface area contributed by atoms with Gasteiger partial charge in [0.2, 0.25) is 11.8 Å². The van der Waals surface area contributed by atoms with Gasteiger partial charge in [-0.2, -0.15) is 9.97 Å². The summed E-state index contributed by atoms with van der Waals surface area (Å²) in [4.78, 5) is 32.9. The van der Waals surface area contributed by atoms with Crippen molar-refractivity contribution >= 4 is 21.9 Å². The van der Waals surface area contributed by atoms with Crippen LogP contribution in [0.15, 0.2) is 91.2 Å². The van der Waals surface area contributed by atoms with E-state index in [0.717, 1.165) is 0 Å². The lowest BCUT2D eigenvalue weighted by atomic mass is 10.1. The molecule has 0 amide bonds. The van der Waals surface area contributed by atoms with Crippen molar-refractivity contribution in [2.24, 2.45) is 0 Å². The van der Waals surface area contributed by atoms with Gasteiger partial charge in [-0.1, -0.05) is 36.4 Å². The SMILES string of the molecule is O=c1nc(-c2ccccc2-c2nc(=O)c3ccccc3o2)oc2ccccc12. The van der Waals surface area contributed by atoms with Crippen molar-refractivity contribution in [2.45, 2.75) is 0 Å². The third kappa shape index (κ3) is 2.59. The molecule has 0 aliphatic rings. The molecule has 3 aromatic carbocycles. The van der Waals surface area contributed by atoms with Gasteiger partial charge in [-0.05, 0) is 36.4 Å². The monoisotopic (exact) mass is 368 g/mol. The minimum atomic E-state index is -0.389. The highest BCUT2D eigenvalue weighted by Crippen LogP contribution is 2.31. The van der Waals surface area contributed by atoms with Crippen LogP contribution >= 0.6 is 0 Å². The van der Waals surface area contributed by atoms with E-state index in [1.54, 1.807) is 72.8 Å². The summed E-state index contributed by atoms with van der Waals surface area (Å²) in [6, 6.07) is 20.9. The first kappa shape index (κ1) is 16.1. The fraction of sp³-hybridized carbons (Fsp3) is 0. The summed E-state index contributed by atoms with van der Waals surface area (Å²) in [5.41, 5.74) is 1.10. The van der Waals surface area contributed by atoms with Crippen LogP contribution in [0.1, 0.15) is 0 Å². The number of benzene rings is 3. The van der Waals surface area contributed by atoms with Crippen molar-refractivity contribution in [1.29, 1.82) is 0 Å². The molecule has 0 saturated heterocycles. The van der Waals surface area contributed by atoms with Crippen molar-refractivity contribution in [1.82, 2.24) is 9.97 Å². The Hall–Kier alpha value is -4.06. The summed E-state index contributed by atoms with van der Waals surface area (Å²) in [5, 5.41) is 0.804. The summed E-state index contributed by atoms with van der Waals surface area (Å²) < 4.78 is 11.7. The highest BCUT2D eigenvalue weighted by Gasteiger charge is 2.17. The summed E-state index contributed by atoms with van der Waals surface area (Å²) >= 11 is 0. The molecule has 2 heterocycles. The minimum absolute atomic E-state index is 0.136. The lowest BCUT2D eigenvalue weighted by molar-refractivity contribution is 0.586. The van der Waals surface area contributed by atoms with E-state index in [9.17, 15) is 9.59 Å². The molecule has 5 rings (SSSR count). The Labute approximate surface area is 157 Å². The van der Waals surface area contributed by atoms with Gasteiger partial charge in [-0.3, -0.25) is 9.59 Å². The predicted octanol–water partition coefficient (Wildman–Crippen LogP) is 4.02. The van der Waals surface area contributed by atoms with Crippen LogP contribution in [0, 0.1) is 0 Å². The van der Waals surface area contributed by atoms with Gasteiger partial charge in [0.25, 0.3) is 11.1 Å². The average molecular weight is 368 g/mol. The van der Waals surface area contributed by atoms with Crippen molar-refractivity contribution in [3.63, 3.8) is 0 Å². The zero-order valence-corrected chi connectivity index (χ0v) is 14.5. The molecule has 0 radical (unpaired) electrons. The molecule has 0 saturated carbocycles. The molecular weight excluding hydrogens is 356 g/mol. The Kier molecular flexibility index (Phi) is 3.62. The third-order valence-electron chi connectivity index (χ3n) is 4.44. The van der Waals surface area contributed by atoms with E-state index in [-0.39, 0.29) is 22.9 Å². The Morgan fingerprint density at radius 2 is 0.929 bits per heavy atom. The van der Waals surface area contributed by atoms with Gasteiger partial charge in [0.1, 0.15) is 11.2 Å². The van der Waals surface area contributed by atoms with Crippen LogP contribution in [0.2, 0.25) is 0 Å². The second-order valence-electron chi connectivity index (χ2n) is 6.19. The van der Waals surface area contributed by atoms with Crippen LogP contribution in [-0.4, -0.2) is 9.97 Å². The van der Waals surface area contributed by atoms with Crippen LogP contribution < -0.4 is 11.1 Å². The van der Waals surface area contributed by atoms with Crippen LogP contribution in [0.3, 0.4) is 0 Å². The van der Waals surface area contributed by atoms with Gasteiger partial charge in [-0.15, -0.1) is 0 Å². The molecule has 28 heavy (non-hydrogen) atoms. The Morgan fingerprint density at radius 1 is 0.536 bits per heavy atom. The van der Waals surface area contributed by atoms with Gasteiger partial charge < -0.3 is 8.83 Å². The zero-order chi connectivity index (χ0) is 19.1. The largest absolute Gasteiger partial charge is 0.437 e. The molecular formula is C22H12N2O4. The number of hydrogen-bond acceptors (Lipinski definition) is 6. The maximum absolute atomic E-state index is 12.4. The van der Waals surface area contributed by atoms with Gasteiger partial charge in [0.15, 0.2) is 0 Å². The first-order valence-electron chi connectivity index (χ1n) is 8.60. The summed E-state index contributed by atoms with van der Waals surface area (Å²) in [7, 11) is 0. The van der Waals surface area contributed by atoms with Gasteiger partial charge in [0.05, 0.1) is 10.8 Å². The second-order valence-corrected chi connectivity index (χ2v) is 6.19. The molecule has 0 atom stereocenters. The number of para-hydroxylation sites is 2. The molecule has 6 heteroatoms. The molecule has 0 bridgehead atoms. The molecule has 0 spiro atoms. The molecule has 0 fully saturated rings. The summed E-state index contributed by atoms with van der Waals surface area (Å²) in [6.07, 6.45) is 0. The van der Waals surface area contributed by atoms with E-state index >= 15 is 0 Å². The first-order chi connectivity index (χ1) is 13.7. The lowest BCUT2D eigenvalue weighted by Gasteiger charge is -2.08. The highest BCUT2D eigenvalue weighted by molar-refractivity contribution is 5.82. The third-order valence-corrected chi connectivity index (χ3v) is 4.44. The van der Waals surface area contributed by atoms with Crippen LogP contribution in [0.25, 0.3) is 44.8 Å². The van der Waals surface area contributed by atoms with Gasteiger partial charge in [0, 0.05) is 11.1 Å². The average Bonchev–Trinajstić information content (AvgIpc) is 2.74. The molecule has 2 aromatic heterocycles. The first-order valence-corrected chi connectivity index (χ1v) is 8.60. The molecule has 134 valence electrons. The highest BCUT2D eigenvalue weighted by atomic mass is 16.4. The van der Waals surface area contributed by atoms with Crippen LogP contribution in [0.5, 0.6) is 0 Å². The van der Waals surface area contributed by atoms with Gasteiger partial charge >= 0.3 is 0 Å². The number of nitrogens with zero attached hydrogens (tertiary/aromatic N) is 2. The molecule has 0 unspecified atom stereocenters. The predicted molar refractivity (Wildman–Crippen MR) is 105 cm³/mol. The fourth-order valence-corrected chi connectivity index (χ4v) is 3.11. The lowest BCUT2D eigenvalue weighted by Crippen LogP contribution is -2.09. The Bertz CT molecular complexity index is 1350. The molecule has 0 aliphatic carbocycles. The van der Waals surface area contributed by atoms with E-state index in [2.05, 4.69) is 9.97 Å². The van der Waals surface area contributed by atoms with Crippen molar-refractivity contribution < 1.29 is 8.83 Å². The number of fused-ring (bicyclic) bond motifs is 2. The quantitative estimate of drug-likeness (QED) is 0.468. The van der Waals surface area contributed by atoms with Crippen molar-refractivity contribution in [2.75, 3.05) is 0 Å². The normalized spacial score (nSPS) is 11.1. The Morgan fingerprint density at radius 3 is 1.39 bits per heavy atom. The molecule has 0 N–H and O–H groups in total. The van der Waals surface area contributed by atoms with E-state index < -0.39 is 0 Å². The number of rotatable bonds is 2. The molecule has 5 aromatic rings. The number of hydrogen-bond donors (Lipinski definition) is 0. The van der Waals surface area contributed by atoms with E-state index in [0.29, 0.717) is 33.1 Å². The molecule has 0 aliphatic heterocycles. The van der Waals surface area contributed by atoms with Crippen molar-refractivity contribution in [3.8, 4) is 22.9 Å². The minimum Gasteiger partial charge on any atom is -0.437 e. The van der Waals surface area contributed by atoms with E-state index in [1.165, 1.54) is 0 Å². The van der Waals surface area contributed by atoms with Crippen LogP contribution in [-0.2, 0) is 0 Å². The van der Waals surface area contributed by atoms with Gasteiger partial charge in [-0.25, -0.2) is 0 Å². The maximum atomic E-state index is 12.4. The smallest absolute Gasteiger partial charge is 0.284 e. The fourth-order valence-electron chi connectivity index (χ4n) is 3.11.